The van der Waals surface area contributed by atoms with E-state index in [1.807, 2.05) is 0 Å². The Labute approximate surface area is 180 Å². The summed E-state index contributed by atoms with van der Waals surface area (Å²) in [5.41, 5.74) is 8.79. The van der Waals surface area contributed by atoms with Crippen LogP contribution in [0.3, 0.4) is 0 Å². The lowest BCUT2D eigenvalue weighted by Crippen LogP contribution is -1.88. The van der Waals surface area contributed by atoms with Gasteiger partial charge in [0.05, 0.1) is 0 Å². The minimum Gasteiger partial charge on any atom is -0.106 e. The number of fused-ring (bicyclic) bond motifs is 1. The fraction of sp³-hybridized carbons (Fsp3) is 0.0345. The van der Waals surface area contributed by atoms with Gasteiger partial charge < -0.3 is 0 Å². The zero-order valence-electron chi connectivity index (χ0n) is 17.0. The summed E-state index contributed by atoms with van der Waals surface area (Å²) in [5.74, 6) is 0. The van der Waals surface area contributed by atoms with E-state index < -0.39 is 0 Å². The smallest absolute Gasteiger partial charge is 0.0177 e. The molecule has 0 aliphatic rings. The molecule has 0 heterocycles. The van der Waals surface area contributed by atoms with Crippen molar-refractivity contribution in [3.05, 3.63) is 115 Å². The molecule has 0 aliphatic carbocycles. The van der Waals surface area contributed by atoms with Gasteiger partial charge in [0, 0.05) is 0 Å². The van der Waals surface area contributed by atoms with E-state index in [0.29, 0.717) is 0 Å². The van der Waals surface area contributed by atoms with E-state index in [4.69, 9.17) is 0 Å². The summed E-state index contributed by atoms with van der Waals surface area (Å²) in [6, 6.07) is 39.6. The highest BCUT2D eigenvalue weighted by Gasteiger charge is 2.04. The van der Waals surface area contributed by atoms with E-state index in [1.165, 1.54) is 55.0 Å². The van der Waals surface area contributed by atoms with E-state index in [2.05, 4.69) is 125 Å². The maximum atomic E-state index is 2.73. The molecule has 5 rings (SSSR count). The number of hydrogen-bond acceptors (Lipinski definition) is 0. The highest BCUT2D eigenvalue weighted by molar-refractivity contribution is 7.27. The second kappa shape index (κ2) is 7.90. The second-order valence-corrected chi connectivity index (χ2v) is 8.51. The van der Waals surface area contributed by atoms with Crippen LogP contribution < -0.4 is 5.30 Å². The predicted molar refractivity (Wildman–Crippen MR) is 134 cm³/mol. The molecule has 0 spiro atoms. The molecule has 1 atom stereocenters. The van der Waals surface area contributed by atoms with Gasteiger partial charge in [0.15, 0.2) is 0 Å². The third-order valence-electron chi connectivity index (χ3n) is 5.69. The van der Waals surface area contributed by atoms with Gasteiger partial charge in [-0.2, -0.15) is 0 Å². The first kappa shape index (κ1) is 18.8. The summed E-state index contributed by atoms with van der Waals surface area (Å²) in [4.78, 5) is 0. The maximum absolute atomic E-state index is 2.73. The quantitative estimate of drug-likeness (QED) is 0.272. The van der Waals surface area contributed by atoms with Crippen LogP contribution in [0.15, 0.2) is 109 Å². The zero-order valence-corrected chi connectivity index (χ0v) is 18.1. The Morgan fingerprint density at radius 1 is 0.400 bits per heavy atom. The fourth-order valence-corrected chi connectivity index (χ4v) is 4.07. The average molecular weight is 402 g/mol. The van der Waals surface area contributed by atoms with Crippen molar-refractivity contribution >= 4 is 25.3 Å². The molecule has 5 aromatic carbocycles. The summed E-state index contributed by atoms with van der Waals surface area (Å²) < 4.78 is 0. The van der Waals surface area contributed by atoms with Crippen LogP contribution in [-0.2, 0) is 0 Å². The molecule has 0 amide bonds. The Bertz CT molecular complexity index is 1310. The summed E-state index contributed by atoms with van der Waals surface area (Å²) in [6.45, 7) is 2.12. The van der Waals surface area contributed by atoms with Crippen molar-refractivity contribution in [1.29, 1.82) is 0 Å². The van der Waals surface area contributed by atoms with Gasteiger partial charge >= 0.3 is 0 Å². The molecule has 0 fully saturated rings. The first-order chi connectivity index (χ1) is 14.7. The van der Waals surface area contributed by atoms with Crippen molar-refractivity contribution in [2.75, 3.05) is 0 Å². The highest BCUT2D eigenvalue weighted by Crippen LogP contribution is 2.30. The SMILES string of the molecule is Cc1ccc(-c2ccc3cc(-c4ccc(-c5ccc(P)cc5)cc4)ccc3c2)cc1. The van der Waals surface area contributed by atoms with E-state index in [0.717, 1.165) is 0 Å². The van der Waals surface area contributed by atoms with Crippen molar-refractivity contribution in [3.63, 3.8) is 0 Å². The Morgan fingerprint density at radius 2 is 0.733 bits per heavy atom. The first-order valence-electron chi connectivity index (χ1n) is 10.2. The predicted octanol–water partition coefficient (Wildman–Crippen LogP) is 7.65. The van der Waals surface area contributed by atoms with Gasteiger partial charge in [0.1, 0.15) is 0 Å². The van der Waals surface area contributed by atoms with Gasteiger partial charge in [-0.05, 0) is 68.5 Å². The van der Waals surface area contributed by atoms with Crippen molar-refractivity contribution < 1.29 is 0 Å². The van der Waals surface area contributed by atoms with Crippen LogP contribution in [0, 0.1) is 6.92 Å². The van der Waals surface area contributed by atoms with Crippen molar-refractivity contribution in [1.82, 2.24) is 0 Å². The minimum absolute atomic E-state index is 1.21. The topological polar surface area (TPSA) is 0 Å². The molecule has 0 aromatic heterocycles. The Kier molecular flexibility index (Phi) is 4.95. The minimum atomic E-state index is 1.21. The largest absolute Gasteiger partial charge is 0.106 e. The molecule has 30 heavy (non-hydrogen) atoms. The third-order valence-corrected chi connectivity index (χ3v) is 6.07. The Morgan fingerprint density at radius 3 is 1.20 bits per heavy atom. The van der Waals surface area contributed by atoms with Crippen LogP contribution >= 0.6 is 9.24 Å². The highest BCUT2D eigenvalue weighted by atomic mass is 31.0. The molecular formula is C29H23P. The van der Waals surface area contributed by atoms with Crippen molar-refractivity contribution in [2.45, 2.75) is 6.92 Å². The lowest BCUT2D eigenvalue weighted by Gasteiger charge is -2.08. The maximum Gasteiger partial charge on any atom is -0.0177 e. The van der Waals surface area contributed by atoms with E-state index in [9.17, 15) is 0 Å². The fourth-order valence-electron chi connectivity index (χ4n) is 3.88. The first-order valence-corrected chi connectivity index (χ1v) is 10.8. The van der Waals surface area contributed by atoms with E-state index in [-0.39, 0.29) is 0 Å². The van der Waals surface area contributed by atoms with E-state index in [1.54, 1.807) is 0 Å². The normalized spacial score (nSPS) is 11.0. The van der Waals surface area contributed by atoms with Gasteiger partial charge in [-0.15, -0.1) is 9.24 Å². The standard InChI is InChI=1S/C29H23P/c1-20-2-4-23(5-3-20)25-10-12-28-19-26(11-13-27(28)18-25)24-8-6-21(7-9-24)22-14-16-29(30)17-15-22/h2-19H,30H2,1H3. The molecular weight excluding hydrogens is 379 g/mol. The van der Waals surface area contributed by atoms with Gasteiger partial charge in [-0.3, -0.25) is 0 Å². The molecule has 0 radical (unpaired) electrons. The Balaban J connectivity index is 1.45. The Hall–Kier alpha value is -3.21. The molecule has 0 saturated heterocycles. The zero-order chi connectivity index (χ0) is 20.5. The molecule has 144 valence electrons. The number of aryl methyl sites for hydroxylation is 1. The van der Waals surface area contributed by atoms with Gasteiger partial charge in [0.2, 0.25) is 0 Å². The van der Waals surface area contributed by atoms with Gasteiger partial charge in [-0.1, -0.05) is 103 Å². The molecule has 0 saturated carbocycles. The molecule has 1 unspecified atom stereocenters. The molecule has 0 aliphatic heterocycles. The summed E-state index contributed by atoms with van der Waals surface area (Å²) in [5, 5.41) is 3.74. The molecule has 1 heteroatoms. The van der Waals surface area contributed by atoms with Crippen LogP contribution in [0.4, 0.5) is 0 Å². The summed E-state index contributed by atoms with van der Waals surface area (Å²) >= 11 is 0. The van der Waals surface area contributed by atoms with Crippen LogP contribution in [-0.4, -0.2) is 0 Å². The van der Waals surface area contributed by atoms with Crippen LogP contribution in [0.5, 0.6) is 0 Å². The van der Waals surface area contributed by atoms with E-state index >= 15 is 0 Å². The number of benzene rings is 5. The second-order valence-electron chi connectivity index (χ2n) is 7.84. The van der Waals surface area contributed by atoms with Crippen molar-refractivity contribution in [3.8, 4) is 33.4 Å². The number of hydrogen-bond donors (Lipinski definition) is 0. The molecule has 0 N–H and O–H groups in total. The summed E-state index contributed by atoms with van der Waals surface area (Å²) in [7, 11) is 2.73. The monoisotopic (exact) mass is 402 g/mol. The summed E-state index contributed by atoms with van der Waals surface area (Å²) in [6.07, 6.45) is 0. The average Bonchev–Trinajstić information content (AvgIpc) is 2.79. The lowest BCUT2D eigenvalue weighted by molar-refractivity contribution is 1.47. The third kappa shape index (κ3) is 3.80. The molecule has 5 aromatic rings. The van der Waals surface area contributed by atoms with Crippen molar-refractivity contribution in [2.24, 2.45) is 0 Å². The molecule has 0 nitrogen and oxygen atoms in total. The van der Waals surface area contributed by atoms with Crippen LogP contribution in [0.2, 0.25) is 0 Å². The van der Waals surface area contributed by atoms with Crippen LogP contribution in [0.1, 0.15) is 5.56 Å². The van der Waals surface area contributed by atoms with Crippen LogP contribution in [0.25, 0.3) is 44.2 Å². The lowest BCUT2D eigenvalue weighted by atomic mass is 9.96. The van der Waals surface area contributed by atoms with Gasteiger partial charge in [-0.25, -0.2) is 0 Å². The number of rotatable bonds is 3. The molecule has 0 bridgehead atoms. The van der Waals surface area contributed by atoms with Gasteiger partial charge in [0.25, 0.3) is 0 Å².